The quantitative estimate of drug-likeness (QED) is 0.843. The van der Waals surface area contributed by atoms with Crippen molar-refractivity contribution < 1.29 is 4.74 Å². The van der Waals surface area contributed by atoms with Crippen LogP contribution in [0.2, 0.25) is 0 Å². The molecule has 2 aromatic carbocycles. The third-order valence-electron chi connectivity index (χ3n) is 3.50. The molecule has 0 fully saturated rings. The number of nitrogens with two attached hydrogens (primary N) is 1. The molecule has 0 aliphatic heterocycles. The highest BCUT2D eigenvalue weighted by molar-refractivity contribution is 5.55. The number of nitrogens with zero attached hydrogens (tertiary/aromatic N) is 1. The van der Waals surface area contributed by atoms with E-state index >= 15 is 0 Å². The minimum Gasteiger partial charge on any atom is -0.497 e. The summed E-state index contributed by atoms with van der Waals surface area (Å²) >= 11 is 0. The average molecular weight is 270 g/mol. The van der Waals surface area contributed by atoms with Crippen molar-refractivity contribution >= 4 is 11.4 Å². The molecular weight excluding hydrogens is 248 g/mol. The van der Waals surface area contributed by atoms with Gasteiger partial charge >= 0.3 is 0 Å². The Kier molecular flexibility index (Phi) is 4.51. The maximum Gasteiger partial charge on any atom is 0.120 e. The molecule has 106 valence electrons. The van der Waals surface area contributed by atoms with Crippen molar-refractivity contribution in [2.45, 2.75) is 20.4 Å². The highest BCUT2D eigenvalue weighted by Crippen LogP contribution is 2.23. The molecule has 0 unspecified atom stereocenters. The van der Waals surface area contributed by atoms with Crippen molar-refractivity contribution in [3.63, 3.8) is 0 Å². The van der Waals surface area contributed by atoms with Gasteiger partial charge in [0.2, 0.25) is 0 Å². The maximum absolute atomic E-state index is 6.10. The molecule has 0 saturated carbocycles. The number of hydrogen-bond donors (Lipinski definition) is 1. The largest absolute Gasteiger partial charge is 0.497 e. The lowest BCUT2D eigenvalue weighted by Crippen LogP contribution is -2.22. The van der Waals surface area contributed by atoms with Gasteiger partial charge in [0.15, 0.2) is 0 Å². The van der Waals surface area contributed by atoms with Gasteiger partial charge in [-0.1, -0.05) is 23.8 Å². The van der Waals surface area contributed by atoms with Crippen molar-refractivity contribution in [2.24, 2.45) is 0 Å². The van der Waals surface area contributed by atoms with Crippen LogP contribution in [-0.2, 0) is 6.54 Å². The zero-order valence-electron chi connectivity index (χ0n) is 12.4. The predicted molar refractivity (Wildman–Crippen MR) is 85.3 cm³/mol. The van der Waals surface area contributed by atoms with E-state index in [1.165, 1.54) is 11.3 Å². The first-order valence-corrected chi connectivity index (χ1v) is 6.88. The number of hydrogen-bond acceptors (Lipinski definition) is 3. The van der Waals surface area contributed by atoms with E-state index in [4.69, 9.17) is 10.5 Å². The number of benzene rings is 2. The zero-order chi connectivity index (χ0) is 14.5. The SMILES string of the molecule is CCN(Cc1ccc(OC)cc1N)c1ccc(C)cc1. The van der Waals surface area contributed by atoms with Crippen LogP contribution in [0.15, 0.2) is 42.5 Å². The highest BCUT2D eigenvalue weighted by Gasteiger charge is 2.08. The summed E-state index contributed by atoms with van der Waals surface area (Å²) in [6.07, 6.45) is 0. The van der Waals surface area contributed by atoms with E-state index in [-0.39, 0.29) is 0 Å². The van der Waals surface area contributed by atoms with Crippen LogP contribution in [0.5, 0.6) is 5.75 Å². The Labute approximate surface area is 121 Å². The molecule has 0 spiro atoms. The standard InChI is InChI=1S/C17H22N2O/c1-4-19(15-8-5-13(2)6-9-15)12-14-7-10-16(20-3)11-17(14)18/h5-11H,4,12,18H2,1-3H3. The van der Waals surface area contributed by atoms with E-state index in [1.54, 1.807) is 7.11 Å². The summed E-state index contributed by atoms with van der Waals surface area (Å²) in [6, 6.07) is 14.4. The van der Waals surface area contributed by atoms with Crippen LogP contribution >= 0.6 is 0 Å². The molecule has 3 nitrogen and oxygen atoms in total. The third kappa shape index (κ3) is 3.23. The summed E-state index contributed by atoms with van der Waals surface area (Å²) in [6.45, 7) is 5.99. The lowest BCUT2D eigenvalue weighted by molar-refractivity contribution is 0.415. The van der Waals surface area contributed by atoms with E-state index in [2.05, 4.69) is 43.0 Å². The van der Waals surface area contributed by atoms with Gasteiger partial charge in [-0.15, -0.1) is 0 Å². The molecule has 0 aliphatic rings. The number of nitrogen functional groups attached to an aromatic ring is 1. The molecule has 0 atom stereocenters. The lowest BCUT2D eigenvalue weighted by Gasteiger charge is -2.24. The van der Waals surface area contributed by atoms with Crippen LogP contribution in [0.3, 0.4) is 0 Å². The van der Waals surface area contributed by atoms with Crippen molar-refractivity contribution in [1.29, 1.82) is 0 Å². The molecule has 0 aliphatic carbocycles. The molecule has 0 saturated heterocycles. The Hall–Kier alpha value is -2.16. The second kappa shape index (κ2) is 6.33. The van der Waals surface area contributed by atoms with Gasteiger partial charge in [0.25, 0.3) is 0 Å². The second-order valence-corrected chi connectivity index (χ2v) is 4.91. The Balaban J connectivity index is 2.20. The van der Waals surface area contributed by atoms with Gasteiger partial charge in [0.05, 0.1) is 7.11 Å². The van der Waals surface area contributed by atoms with E-state index in [9.17, 15) is 0 Å². The summed E-state index contributed by atoms with van der Waals surface area (Å²) in [5.41, 5.74) is 10.5. The molecule has 2 N–H and O–H groups in total. The predicted octanol–water partition coefficient (Wildman–Crippen LogP) is 3.61. The fourth-order valence-electron chi connectivity index (χ4n) is 2.19. The molecule has 0 bridgehead atoms. The monoisotopic (exact) mass is 270 g/mol. The fraction of sp³-hybridized carbons (Fsp3) is 0.294. The van der Waals surface area contributed by atoms with Gasteiger partial charge in [0, 0.05) is 30.5 Å². The zero-order valence-corrected chi connectivity index (χ0v) is 12.4. The van der Waals surface area contributed by atoms with Crippen molar-refractivity contribution in [2.75, 3.05) is 24.3 Å². The van der Waals surface area contributed by atoms with E-state index in [0.717, 1.165) is 30.1 Å². The number of rotatable bonds is 5. The van der Waals surface area contributed by atoms with Gasteiger partial charge in [0.1, 0.15) is 5.75 Å². The van der Waals surface area contributed by atoms with E-state index in [1.807, 2.05) is 18.2 Å². The summed E-state index contributed by atoms with van der Waals surface area (Å²) in [7, 11) is 1.65. The average Bonchev–Trinajstić information content (AvgIpc) is 2.47. The third-order valence-corrected chi connectivity index (χ3v) is 3.50. The molecule has 2 aromatic rings. The second-order valence-electron chi connectivity index (χ2n) is 4.91. The molecule has 0 radical (unpaired) electrons. The van der Waals surface area contributed by atoms with E-state index < -0.39 is 0 Å². The highest BCUT2D eigenvalue weighted by atomic mass is 16.5. The van der Waals surface area contributed by atoms with Gasteiger partial charge < -0.3 is 15.4 Å². The topological polar surface area (TPSA) is 38.5 Å². The molecule has 0 amide bonds. The van der Waals surface area contributed by atoms with Crippen molar-refractivity contribution in [3.05, 3.63) is 53.6 Å². The van der Waals surface area contributed by atoms with Gasteiger partial charge in [-0.05, 0) is 37.6 Å². The molecule has 2 rings (SSSR count). The normalized spacial score (nSPS) is 10.3. The first-order chi connectivity index (χ1) is 9.63. The molecular formula is C17H22N2O. The van der Waals surface area contributed by atoms with Crippen LogP contribution < -0.4 is 15.4 Å². The summed E-state index contributed by atoms with van der Waals surface area (Å²) in [5, 5.41) is 0. The van der Waals surface area contributed by atoms with Crippen LogP contribution in [-0.4, -0.2) is 13.7 Å². The fourth-order valence-corrected chi connectivity index (χ4v) is 2.19. The smallest absolute Gasteiger partial charge is 0.120 e. The number of methoxy groups -OCH3 is 1. The lowest BCUT2D eigenvalue weighted by atomic mass is 10.1. The van der Waals surface area contributed by atoms with Gasteiger partial charge in [-0.2, -0.15) is 0 Å². The van der Waals surface area contributed by atoms with Crippen molar-refractivity contribution in [1.82, 2.24) is 0 Å². The Morgan fingerprint density at radius 3 is 2.35 bits per heavy atom. The molecule has 20 heavy (non-hydrogen) atoms. The van der Waals surface area contributed by atoms with Crippen LogP contribution in [0.1, 0.15) is 18.1 Å². The minimum absolute atomic E-state index is 0.773. The number of ether oxygens (including phenoxy) is 1. The van der Waals surface area contributed by atoms with Crippen molar-refractivity contribution in [3.8, 4) is 5.75 Å². The van der Waals surface area contributed by atoms with Gasteiger partial charge in [-0.3, -0.25) is 0 Å². The Morgan fingerprint density at radius 1 is 1.10 bits per heavy atom. The van der Waals surface area contributed by atoms with Crippen LogP contribution in [0.25, 0.3) is 0 Å². The minimum atomic E-state index is 0.773. The van der Waals surface area contributed by atoms with Crippen LogP contribution in [0.4, 0.5) is 11.4 Å². The molecule has 3 heteroatoms. The van der Waals surface area contributed by atoms with E-state index in [0.29, 0.717) is 0 Å². The Bertz CT molecular complexity index is 564. The Morgan fingerprint density at radius 2 is 1.80 bits per heavy atom. The first-order valence-electron chi connectivity index (χ1n) is 6.88. The summed E-state index contributed by atoms with van der Waals surface area (Å²) < 4.78 is 5.19. The van der Waals surface area contributed by atoms with Crippen LogP contribution in [0, 0.1) is 6.92 Å². The first kappa shape index (κ1) is 14.3. The number of anilines is 2. The number of aryl methyl sites for hydroxylation is 1. The molecule has 0 aromatic heterocycles. The molecule has 0 heterocycles. The van der Waals surface area contributed by atoms with Gasteiger partial charge in [-0.25, -0.2) is 0 Å². The summed E-state index contributed by atoms with van der Waals surface area (Å²) in [5.74, 6) is 0.796. The maximum atomic E-state index is 6.10. The summed E-state index contributed by atoms with van der Waals surface area (Å²) in [4.78, 5) is 2.30.